The fourth-order valence-electron chi connectivity index (χ4n) is 2.66. The summed E-state index contributed by atoms with van der Waals surface area (Å²) in [6, 6.07) is -1.13. The monoisotopic (exact) mass is 298 g/mol. The van der Waals surface area contributed by atoms with Crippen molar-refractivity contribution in [3.05, 3.63) is 12.2 Å². The van der Waals surface area contributed by atoms with Crippen LogP contribution in [0, 0.1) is 5.41 Å². The molecule has 0 spiro atoms. The number of nitrogens with zero attached hydrogens (tertiary/aromatic N) is 1. The second-order valence-electron chi connectivity index (χ2n) is 6.27. The maximum absolute atomic E-state index is 12.2. The summed E-state index contributed by atoms with van der Waals surface area (Å²) in [5.41, 5.74) is 0.503. The van der Waals surface area contributed by atoms with Gasteiger partial charge in [0.05, 0.1) is 13.2 Å². The third kappa shape index (κ3) is 5.04. The van der Waals surface area contributed by atoms with Gasteiger partial charge < -0.3 is 20.1 Å². The number of urea groups is 1. The minimum Gasteiger partial charge on any atom is -0.480 e. The molecule has 2 N–H and O–H groups in total. The Labute approximate surface area is 126 Å². The molecule has 0 bridgehead atoms. The standard InChI is InChI=1S/C15H26N2O4/c1-11(2)10-21-9-7-16-14(20)17-8-5-6-15(3,4)12(17)13(18)19/h12H,1,5-10H2,2-4H3,(H,16,20)(H,18,19). The fourth-order valence-corrected chi connectivity index (χ4v) is 2.66. The normalized spacial score (nSPS) is 20.9. The van der Waals surface area contributed by atoms with E-state index in [0.717, 1.165) is 18.4 Å². The lowest BCUT2D eigenvalue weighted by molar-refractivity contribution is -0.148. The number of carboxylic acid groups (broad SMARTS) is 1. The number of carbonyl (C=O) groups excluding carboxylic acids is 1. The van der Waals surface area contributed by atoms with E-state index in [1.165, 1.54) is 4.90 Å². The van der Waals surface area contributed by atoms with Crippen molar-refractivity contribution in [2.24, 2.45) is 5.41 Å². The summed E-state index contributed by atoms with van der Waals surface area (Å²) in [6.45, 7) is 11.0. The number of ether oxygens (including phenoxy) is 1. The van der Waals surface area contributed by atoms with Crippen molar-refractivity contribution in [1.82, 2.24) is 10.2 Å². The van der Waals surface area contributed by atoms with Gasteiger partial charge >= 0.3 is 12.0 Å². The molecule has 6 nitrogen and oxygen atoms in total. The smallest absolute Gasteiger partial charge is 0.327 e. The van der Waals surface area contributed by atoms with Crippen LogP contribution in [0.3, 0.4) is 0 Å². The Morgan fingerprint density at radius 2 is 2.14 bits per heavy atom. The molecule has 120 valence electrons. The number of amides is 2. The average Bonchev–Trinajstić information content (AvgIpc) is 2.35. The quantitative estimate of drug-likeness (QED) is 0.579. The van der Waals surface area contributed by atoms with Gasteiger partial charge in [0, 0.05) is 13.1 Å². The van der Waals surface area contributed by atoms with Crippen LogP contribution in [-0.4, -0.2) is 54.4 Å². The molecule has 1 fully saturated rings. The fraction of sp³-hybridized carbons (Fsp3) is 0.733. The SMILES string of the molecule is C=C(C)COCCNC(=O)N1CCCC(C)(C)C1C(=O)O. The maximum atomic E-state index is 12.2. The molecule has 1 rings (SSSR count). The molecule has 1 unspecified atom stereocenters. The zero-order valence-electron chi connectivity index (χ0n) is 13.1. The molecule has 1 aliphatic rings. The van der Waals surface area contributed by atoms with Gasteiger partial charge in [0.2, 0.25) is 0 Å². The second-order valence-corrected chi connectivity index (χ2v) is 6.27. The van der Waals surface area contributed by atoms with E-state index in [1.54, 1.807) is 0 Å². The van der Waals surface area contributed by atoms with E-state index in [4.69, 9.17) is 4.74 Å². The Balaban J connectivity index is 2.51. The number of rotatable bonds is 6. The summed E-state index contributed by atoms with van der Waals surface area (Å²) in [4.78, 5) is 25.1. The molecule has 0 aromatic carbocycles. The predicted octanol–water partition coefficient (Wildman–Crippen LogP) is 1.86. The molecule has 0 radical (unpaired) electrons. The number of hydrogen-bond donors (Lipinski definition) is 2. The van der Waals surface area contributed by atoms with Crippen LogP contribution >= 0.6 is 0 Å². The molecule has 0 aromatic rings. The van der Waals surface area contributed by atoms with Crippen molar-refractivity contribution in [3.8, 4) is 0 Å². The highest BCUT2D eigenvalue weighted by Crippen LogP contribution is 2.35. The molecule has 6 heteroatoms. The van der Waals surface area contributed by atoms with Crippen molar-refractivity contribution < 1.29 is 19.4 Å². The Morgan fingerprint density at radius 3 is 2.71 bits per heavy atom. The molecule has 1 saturated heterocycles. The Morgan fingerprint density at radius 1 is 1.48 bits per heavy atom. The summed E-state index contributed by atoms with van der Waals surface area (Å²) in [5.74, 6) is -0.951. The number of hydrogen-bond acceptors (Lipinski definition) is 3. The third-order valence-corrected chi connectivity index (χ3v) is 3.64. The van der Waals surface area contributed by atoms with Gasteiger partial charge in [0.1, 0.15) is 6.04 Å². The van der Waals surface area contributed by atoms with Crippen LogP contribution in [0.1, 0.15) is 33.6 Å². The van der Waals surface area contributed by atoms with Crippen molar-refractivity contribution in [1.29, 1.82) is 0 Å². The number of carboxylic acids is 1. The van der Waals surface area contributed by atoms with Gasteiger partial charge in [0.15, 0.2) is 0 Å². The van der Waals surface area contributed by atoms with E-state index in [9.17, 15) is 14.7 Å². The molecular weight excluding hydrogens is 272 g/mol. The van der Waals surface area contributed by atoms with Crippen molar-refractivity contribution >= 4 is 12.0 Å². The van der Waals surface area contributed by atoms with Gasteiger partial charge in [-0.1, -0.05) is 26.0 Å². The maximum Gasteiger partial charge on any atom is 0.327 e. The van der Waals surface area contributed by atoms with E-state index in [2.05, 4.69) is 11.9 Å². The largest absolute Gasteiger partial charge is 0.480 e. The minimum atomic E-state index is -0.951. The topological polar surface area (TPSA) is 78.9 Å². The van der Waals surface area contributed by atoms with E-state index >= 15 is 0 Å². The first-order chi connectivity index (χ1) is 9.75. The first kappa shape index (κ1) is 17.5. The Bertz CT molecular complexity index is 406. The number of carbonyl (C=O) groups is 2. The molecule has 1 aliphatic heterocycles. The predicted molar refractivity (Wildman–Crippen MR) is 80.2 cm³/mol. The summed E-state index contributed by atoms with van der Waals surface area (Å²) in [6.07, 6.45) is 1.62. The highest BCUT2D eigenvalue weighted by Gasteiger charge is 2.44. The molecule has 2 amide bonds. The lowest BCUT2D eigenvalue weighted by Gasteiger charge is -2.43. The van der Waals surface area contributed by atoms with Gasteiger partial charge in [-0.3, -0.25) is 0 Å². The second kappa shape index (κ2) is 7.45. The summed E-state index contributed by atoms with van der Waals surface area (Å²) in [5, 5.41) is 12.1. The summed E-state index contributed by atoms with van der Waals surface area (Å²) < 4.78 is 5.30. The van der Waals surface area contributed by atoms with Crippen LogP contribution in [-0.2, 0) is 9.53 Å². The van der Waals surface area contributed by atoms with Crippen molar-refractivity contribution in [3.63, 3.8) is 0 Å². The zero-order chi connectivity index (χ0) is 16.0. The minimum absolute atomic E-state index is 0.339. The molecule has 1 atom stereocenters. The van der Waals surface area contributed by atoms with Gasteiger partial charge in [-0.05, 0) is 25.2 Å². The highest BCUT2D eigenvalue weighted by atomic mass is 16.5. The highest BCUT2D eigenvalue weighted by molar-refractivity contribution is 5.83. The Kier molecular flexibility index (Phi) is 6.20. The van der Waals surface area contributed by atoms with Crippen LogP contribution in [0.2, 0.25) is 0 Å². The molecular formula is C15H26N2O4. The summed E-state index contributed by atoms with van der Waals surface area (Å²) >= 11 is 0. The molecule has 1 heterocycles. The van der Waals surface area contributed by atoms with Crippen LogP contribution in [0.5, 0.6) is 0 Å². The van der Waals surface area contributed by atoms with E-state index in [1.807, 2.05) is 20.8 Å². The molecule has 0 aromatic heterocycles. The first-order valence-corrected chi connectivity index (χ1v) is 7.25. The van der Waals surface area contributed by atoms with Crippen LogP contribution in [0.25, 0.3) is 0 Å². The number of piperidine rings is 1. The van der Waals surface area contributed by atoms with Crippen molar-refractivity contribution in [2.75, 3.05) is 26.3 Å². The van der Waals surface area contributed by atoms with Crippen LogP contribution in [0.15, 0.2) is 12.2 Å². The molecule has 0 aliphatic carbocycles. The average molecular weight is 298 g/mol. The van der Waals surface area contributed by atoms with Gasteiger partial charge in [0.25, 0.3) is 0 Å². The molecule has 0 saturated carbocycles. The number of nitrogens with one attached hydrogen (secondary N) is 1. The van der Waals surface area contributed by atoms with E-state index < -0.39 is 17.4 Å². The van der Waals surface area contributed by atoms with Crippen LogP contribution < -0.4 is 5.32 Å². The molecule has 21 heavy (non-hydrogen) atoms. The zero-order valence-corrected chi connectivity index (χ0v) is 13.1. The van der Waals surface area contributed by atoms with E-state index in [0.29, 0.717) is 26.3 Å². The van der Waals surface area contributed by atoms with Gasteiger partial charge in [-0.25, -0.2) is 9.59 Å². The van der Waals surface area contributed by atoms with Crippen LogP contribution in [0.4, 0.5) is 4.79 Å². The van der Waals surface area contributed by atoms with Gasteiger partial charge in [-0.2, -0.15) is 0 Å². The lowest BCUT2D eigenvalue weighted by atomic mass is 9.76. The summed E-state index contributed by atoms with van der Waals surface area (Å²) in [7, 11) is 0. The lowest BCUT2D eigenvalue weighted by Crippen LogP contribution is -2.58. The Hall–Kier alpha value is -1.56. The number of aliphatic carboxylic acids is 1. The van der Waals surface area contributed by atoms with Gasteiger partial charge in [-0.15, -0.1) is 0 Å². The van der Waals surface area contributed by atoms with Crippen molar-refractivity contribution in [2.45, 2.75) is 39.7 Å². The van der Waals surface area contributed by atoms with E-state index in [-0.39, 0.29) is 6.03 Å². The first-order valence-electron chi connectivity index (χ1n) is 7.25. The number of likely N-dealkylation sites (tertiary alicyclic amines) is 1. The third-order valence-electron chi connectivity index (χ3n) is 3.64.